The van der Waals surface area contributed by atoms with Gasteiger partial charge in [-0.3, -0.25) is 4.98 Å². The lowest BCUT2D eigenvalue weighted by Gasteiger charge is -2.05. The van der Waals surface area contributed by atoms with E-state index in [1.165, 1.54) is 0 Å². The molecule has 0 spiro atoms. The van der Waals surface area contributed by atoms with E-state index >= 15 is 0 Å². The standard InChI is InChI=1S/C11H18N2OS/c1-12-8-10-4-5-11(9-13-10)14-6-3-7-15-2/h4-5,9,12H,3,6-8H2,1-2H3. The van der Waals surface area contributed by atoms with Crippen molar-refractivity contribution in [3.8, 4) is 5.75 Å². The quantitative estimate of drug-likeness (QED) is 0.720. The fourth-order valence-corrected chi connectivity index (χ4v) is 1.58. The van der Waals surface area contributed by atoms with E-state index in [-0.39, 0.29) is 0 Å². The van der Waals surface area contributed by atoms with Crippen LogP contribution in [0.25, 0.3) is 0 Å². The van der Waals surface area contributed by atoms with Crippen LogP contribution in [0.2, 0.25) is 0 Å². The molecule has 1 aromatic rings. The molecule has 0 atom stereocenters. The molecule has 0 amide bonds. The maximum Gasteiger partial charge on any atom is 0.137 e. The van der Waals surface area contributed by atoms with E-state index < -0.39 is 0 Å². The maximum atomic E-state index is 5.54. The van der Waals surface area contributed by atoms with Gasteiger partial charge in [0.1, 0.15) is 5.75 Å². The average Bonchev–Trinajstić information content (AvgIpc) is 2.27. The van der Waals surface area contributed by atoms with E-state index in [2.05, 4.69) is 16.6 Å². The molecule has 0 saturated heterocycles. The van der Waals surface area contributed by atoms with E-state index in [9.17, 15) is 0 Å². The molecule has 0 aliphatic heterocycles. The molecule has 1 rings (SSSR count). The Kier molecular flexibility index (Phi) is 6.20. The fourth-order valence-electron chi connectivity index (χ4n) is 1.18. The van der Waals surface area contributed by atoms with E-state index in [1.54, 1.807) is 6.20 Å². The fraction of sp³-hybridized carbons (Fsp3) is 0.545. The van der Waals surface area contributed by atoms with Gasteiger partial charge in [-0.05, 0) is 37.6 Å². The number of pyridine rings is 1. The Balaban J connectivity index is 2.29. The molecule has 0 bridgehead atoms. The van der Waals surface area contributed by atoms with Crippen LogP contribution in [0, 0.1) is 0 Å². The van der Waals surface area contributed by atoms with Gasteiger partial charge in [-0.25, -0.2) is 0 Å². The van der Waals surface area contributed by atoms with Gasteiger partial charge < -0.3 is 10.1 Å². The van der Waals surface area contributed by atoms with E-state index in [0.717, 1.165) is 36.8 Å². The highest BCUT2D eigenvalue weighted by molar-refractivity contribution is 7.98. The molecule has 0 fully saturated rings. The molecule has 84 valence electrons. The normalized spacial score (nSPS) is 10.3. The number of nitrogens with one attached hydrogen (secondary N) is 1. The Morgan fingerprint density at radius 3 is 2.93 bits per heavy atom. The average molecular weight is 226 g/mol. The highest BCUT2D eigenvalue weighted by atomic mass is 32.2. The second kappa shape index (κ2) is 7.54. The predicted octanol–water partition coefficient (Wildman–Crippen LogP) is 1.93. The van der Waals surface area contributed by atoms with Crippen LogP contribution in [0.5, 0.6) is 5.75 Å². The van der Waals surface area contributed by atoms with Crippen LogP contribution in [0.15, 0.2) is 18.3 Å². The van der Waals surface area contributed by atoms with Crippen molar-refractivity contribution < 1.29 is 4.74 Å². The molecule has 1 aromatic heterocycles. The van der Waals surface area contributed by atoms with Crippen molar-refractivity contribution in [1.29, 1.82) is 0 Å². The smallest absolute Gasteiger partial charge is 0.137 e. The molecular weight excluding hydrogens is 208 g/mol. The van der Waals surface area contributed by atoms with Crippen molar-refractivity contribution in [2.24, 2.45) is 0 Å². The van der Waals surface area contributed by atoms with E-state index in [1.807, 2.05) is 30.9 Å². The molecule has 0 aliphatic rings. The first kappa shape index (κ1) is 12.3. The third kappa shape index (κ3) is 5.04. The second-order valence-electron chi connectivity index (χ2n) is 3.21. The lowest BCUT2D eigenvalue weighted by Crippen LogP contribution is -2.06. The van der Waals surface area contributed by atoms with Crippen LogP contribution in [0.4, 0.5) is 0 Å². The summed E-state index contributed by atoms with van der Waals surface area (Å²) in [6.07, 6.45) is 4.97. The molecule has 0 aliphatic carbocycles. The first-order valence-electron chi connectivity index (χ1n) is 5.08. The van der Waals surface area contributed by atoms with Gasteiger partial charge in [-0.15, -0.1) is 0 Å². The van der Waals surface area contributed by atoms with Crippen LogP contribution >= 0.6 is 11.8 Å². The molecule has 4 heteroatoms. The molecule has 1 N–H and O–H groups in total. The first-order valence-corrected chi connectivity index (χ1v) is 6.47. The monoisotopic (exact) mass is 226 g/mol. The summed E-state index contributed by atoms with van der Waals surface area (Å²) in [5.41, 5.74) is 1.04. The third-order valence-corrected chi connectivity index (χ3v) is 2.61. The molecular formula is C11H18N2OS. The van der Waals surface area contributed by atoms with Gasteiger partial charge in [0.25, 0.3) is 0 Å². The summed E-state index contributed by atoms with van der Waals surface area (Å²) in [7, 11) is 1.91. The summed E-state index contributed by atoms with van der Waals surface area (Å²) in [5, 5.41) is 3.06. The van der Waals surface area contributed by atoms with Gasteiger partial charge >= 0.3 is 0 Å². The number of ether oxygens (including phenoxy) is 1. The van der Waals surface area contributed by atoms with Crippen LogP contribution in [0.3, 0.4) is 0 Å². The molecule has 0 saturated carbocycles. The van der Waals surface area contributed by atoms with E-state index in [0.29, 0.717) is 0 Å². The van der Waals surface area contributed by atoms with Gasteiger partial charge in [0.2, 0.25) is 0 Å². The second-order valence-corrected chi connectivity index (χ2v) is 4.20. The largest absolute Gasteiger partial charge is 0.492 e. The Hall–Kier alpha value is -0.740. The van der Waals surface area contributed by atoms with Gasteiger partial charge in [-0.1, -0.05) is 0 Å². The maximum absolute atomic E-state index is 5.54. The lowest BCUT2D eigenvalue weighted by atomic mass is 10.3. The zero-order valence-corrected chi connectivity index (χ0v) is 10.1. The van der Waals surface area contributed by atoms with Crippen molar-refractivity contribution >= 4 is 11.8 Å². The van der Waals surface area contributed by atoms with Crippen LogP contribution < -0.4 is 10.1 Å². The van der Waals surface area contributed by atoms with E-state index in [4.69, 9.17) is 4.74 Å². The summed E-state index contributed by atoms with van der Waals surface area (Å²) in [4.78, 5) is 4.27. The predicted molar refractivity (Wildman–Crippen MR) is 65.5 cm³/mol. The minimum atomic E-state index is 0.772. The Morgan fingerprint density at radius 2 is 2.33 bits per heavy atom. The Labute approximate surface area is 95.6 Å². The molecule has 3 nitrogen and oxygen atoms in total. The van der Waals surface area contributed by atoms with Crippen molar-refractivity contribution in [3.63, 3.8) is 0 Å². The first-order chi connectivity index (χ1) is 7.36. The summed E-state index contributed by atoms with van der Waals surface area (Å²) < 4.78 is 5.54. The zero-order chi connectivity index (χ0) is 10.9. The van der Waals surface area contributed by atoms with Crippen LogP contribution in [0.1, 0.15) is 12.1 Å². The molecule has 0 unspecified atom stereocenters. The highest BCUT2D eigenvalue weighted by Crippen LogP contribution is 2.09. The molecule has 0 aromatic carbocycles. The van der Waals surface area contributed by atoms with Gasteiger partial charge in [-0.2, -0.15) is 11.8 Å². The van der Waals surface area contributed by atoms with Gasteiger partial charge in [0, 0.05) is 6.54 Å². The minimum absolute atomic E-state index is 0.772. The summed E-state index contributed by atoms with van der Waals surface area (Å²) >= 11 is 1.84. The van der Waals surface area contributed by atoms with Crippen molar-refractivity contribution in [3.05, 3.63) is 24.0 Å². The van der Waals surface area contributed by atoms with Crippen LogP contribution in [-0.2, 0) is 6.54 Å². The van der Waals surface area contributed by atoms with Crippen molar-refractivity contribution in [2.45, 2.75) is 13.0 Å². The topological polar surface area (TPSA) is 34.1 Å². The minimum Gasteiger partial charge on any atom is -0.492 e. The molecule has 15 heavy (non-hydrogen) atoms. The van der Waals surface area contributed by atoms with Gasteiger partial charge in [0.15, 0.2) is 0 Å². The number of rotatable bonds is 7. The van der Waals surface area contributed by atoms with Gasteiger partial charge in [0.05, 0.1) is 18.5 Å². The lowest BCUT2D eigenvalue weighted by molar-refractivity contribution is 0.317. The number of aromatic nitrogens is 1. The number of hydrogen-bond acceptors (Lipinski definition) is 4. The molecule has 1 heterocycles. The van der Waals surface area contributed by atoms with Crippen LogP contribution in [-0.4, -0.2) is 30.6 Å². The third-order valence-electron chi connectivity index (χ3n) is 1.92. The Morgan fingerprint density at radius 1 is 1.47 bits per heavy atom. The SMILES string of the molecule is CNCc1ccc(OCCCSC)cn1. The molecule has 0 radical (unpaired) electrons. The number of hydrogen-bond donors (Lipinski definition) is 1. The van der Waals surface area contributed by atoms with Crippen molar-refractivity contribution in [1.82, 2.24) is 10.3 Å². The number of thioether (sulfide) groups is 1. The highest BCUT2D eigenvalue weighted by Gasteiger charge is 1.95. The summed E-state index contributed by atoms with van der Waals surface area (Å²) in [6, 6.07) is 3.96. The zero-order valence-electron chi connectivity index (χ0n) is 9.32. The Bertz CT molecular complexity index is 264. The summed E-state index contributed by atoms with van der Waals surface area (Å²) in [5.74, 6) is 2.00. The summed E-state index contributed by atoms with van der Waals surface area (Å²) in [6.45, 7) is 1.57. The van der Waals surface area contributed by atoms with Crippen molar-refractivity contribution in [2.75, 3.05) is 25.7 Å². The number of nitrogens with zero attached hydrogens (tertiary/aromatic N) is 1.